The summed E-state index contributed by atoms with van der Waals surface area (Å²) in [5.74, 6) is -2.50. The number of imidazole rings is 1. The van der Waals surface area contributed by atoms with E-state index in [1.807, 2.05) is 42.5 Å². The fraction of sp³-hybridized carbons (Fsp3) is 0.362. The van der Waals surface area contributed by atoms with E-state index in [0.29, 0.717) is 50.0 Å². The summed E-state index contributed by atoms with van der Waals surface area (Å²) in [5, 5.41) is 4.93. The van der Waals surface area contributed by atoms with E-state index in [2.05, 4.69) is 15.5 Å². The van der Waals surface area contributed by atoms with Gasteiger partial charge in [0.25, 0.3) is 17.7 Å². The summed E-state index contributed by atoms with van der Waals surface area (Å²) in [6.07, 6.45) is -0.949. The van der Waals surface area contributed by atoms with Gasteiger partial charge in [-0.2, -0.15) is 13.2 Å². The topological polar surface area (TPSA) is 171 Å². The van der Waals surface area contributed by atoms with E-state index in [0.717, 1.165) is 66.2 Å². The van der Waals surface area contributed by atoms with Gasteiger partial charge < -0.3 is 18.9 Å². The Morgan fingerprint density at radius 3 is 2.22 bits per heavy atom. The van der Waals surface area contributed by atoms with Crippen LogP contribution in [-0.4, -0.2) is 108 Å². The number of nitrogens with zero attached hydrogens (tertiary/aromatic N) is 4. The van der Waals surface area contributed by atoms with Gasteiger partial charge in [-0.05, 0) is 104 Å². The fourth-order valence-corrected chi connectivity index (χ4v) is 8.09. The first-order valence-corrected chi connectivity index (χ1v) is 21.5. The second-order valence-corrected chi connectivity index (χ2v) is 15.9. The van der Waals surface area contributed by atoms with E-state index in [4.69, 9.17) is 23.9 Å². The van der Waals surface area contributed by atoms with Crippen molar-refractivity contribution >= 4 is 46.5 Å². The number of halogens is 3. The molecule has 4 heterocycles. The fourth-order valence-electron chi connectivity index (χ4n) is 8.09. The number of fused-ring (bicyclic) bond motifs is 2. The number of likely N-dealkylation sites (tertiary alicyclic amines) is 1. The molecule has 65 heavy (non-hydrogen) atoms. The minimum atomic E-state index is -4.60. The number of nitrogens with one attached hydrogen (secondary N) is 2. The molecule has 0 bridgehead atoms. The SMILES string of the molecule is O=C1CCC(N2C(=O)c3ccc(OCCOCCOCCOCc4ccc(-n5c(NC(=O)c6cccc(C(F)(F)F)c6)nc6cc(CN7CCCCC7)ccc65)cc4)cc3C2=O)C(=O)N1. The molecular weight excluding hydrogens is 850 g/mol. The number of alkyl halides is 3. The smallest absolute Gasteiger partial charge is 0.416 e. The highest BCUT2D eigenvalue weighted by atomic mass is 19.4. The quantitative estimate of drug-likeness (QED) is 0.0747. The molecule has 18 heteroatoms. The lowest BCUT2D eigenvalue weighted by Crippen LogP contribution is -2.54. The van der Waals surface area contributed by atoms with Gasteiger partial charge in [0, 0.05) is 24.2 Å². The summed E-state index contributed by atoms with van der Waals surface area (Å²) in [6.45, 7) is 4.79. The molecule has 15 nitrogen and oxygen atoms in total. The lowest BCUT2D eigenvalue weighted by molar-refractivity contribution is -0.138. The Hall–Kier alpha value is -6.47. The lowest BCUT2D eigenvalue weighted by Gasteiger charge is -2.27. The molecule has 2 saturated heterocycles. The standard InChI is InChI=1S/C47H47F3N6O9/c48-47(49,50)33-6-4-5-32(26-33)42(58)53-46-51-38-25-31(28-54-17-2-1-3-18-54)9-14-39(38)55(46)34-10-7-30(8-11-34)29-64-22-21-62-19-20-63-23-24-65-35-12-13-36-37(27-35)45(61)56(44(36)60)40-15-16-41(57)52-43(40)59/h4-14,25-27,40H,1-3,15-24,28-29H2,(H,51,53,58)(H,52,57,59). The minimum Gasteiger partial charge on any atom is -0.491 e. The van der Waals surface area contributed by atoms with Crippen LogP contribution in [-0.2, 0) is 43.1 Å². The number of hydrogen-bond donors (Lipinski definition) is 2. The third-order valence-corrected chi connectivity index (χ3v) is 11.4. The largest absolute Gasteiger partial charge is 0.491 e. The maximum Gasteiger partial charge on any atom is 0.416 e. The Labute approximate surface area is 371 Å². The number of carbonyl (C=O) groups is 5. The van der Waals surface area contributed by atoms with Gasteiger partial charge in [0.1, 0.15) is 18.4 Å². The highest BCUT2D eigenvalue weighted by molar-refractivity contribution is 6.23. The van der Waals surface area contributed by atoms with E-state index in [1.54, 1.807) is 10.6 Å². The van der Waals surface area contributed by atoms with Crippen LogP contribution in [0.15, 0.2) is 84.9 Å². The van der Waals surface area contributed by atoms with Crippen molar-refractivity contribution < 1.29 is 56.1 Å². The Morgan fingerprint density at radius 2 is 1.48 bits per heavy atom. The Kier molecular flexibility index (Phi) is 14.0. The average molecular weight is 897 g/mol. The lowest BCUT2D eigenvalue weighted by atomic mass is 10.0. The van der Waals surface area contributed by atoms with Gasteiger partial charge in [0.15, 0.2) is 0 Å². The number of aromatic nitrogens is 2. The molecular formula is C47H47F3N6O9. The number of carbonyl (C=O) groups excluding carboxylic acids is 5. The van der Waals surface area contributed by atoms with Crippen LogP contribution in [0.4, 0.5) is 19.1 Å². The van der Waals surface area contributed by atoms with Gasteiger partial charge in [0.2, 0.25) is 17.8 Å². The predicted molar refractivity (Wildman–Crippen MR) is 229 cm³/mol. The van der Waals surface area contributed by atoms with Gasteiger partial charge in [-0.15, -0.1) is 0 Å². The third kappa shape index (κ3) is 10.7. The first-order chi connectivity index (χ1) is 31.4. The summed E-state index contributed by atoms with van der Waals surface area (Å²) in [5.41, 5.74) is 3.24. The number of ether oxygens (including phenoxy) is 4. The third-order valence-electron chi connectivity index (χ3n) is 11.4. The summed E-state index contributed by atoms with van der Waals surface area (Å²) >= 11 is 0. The molecule has 0 saturated carbocycles. The van der Waals surface area contributed by atoms with E-state index in [-0.39, 0.29) is 48.7 Å². The number of amides is 5. The Bertz CT molecular complexity index is 2570. The zero-order chi connectivity index (χ0) is 45.5. The van der Waals surface area contributed by atoms with Crippen molar-refractivity contribution in [1.82, 2.24) is 24.7 Å². The highest BCUT2D eigenvalue weighted by Crippen LogP contribution is 2.32. The molecule has 2 N–H and O–H groups in total. The number of benzene rings is 4. The number of imide groups is 2. The van der Waals surface area contributed by atoms with Crippen LogP contribution in [0.25, 0.3) is 16.7 Å². The van der Waals surface area contributed by atoms with Crippen molar-refractivity contribution in [3.05, 3.63) is 118 Å². The molecule has 3 aliphatic heterocycles. The molecule has 2 fully saturated rings. The van der Waals surface area contributed by atoms with Gasteiger partial charge in [0.05, 0.1) is 67.4 Å². The highest BCUT2D eigenvalue weighted by Gasteiger charge is 2.44. The van der Waals surface area contributed by atoms with Crippen LogP contribution in [0.3, 0.4) is 0 Å². The molecule has 1 unspecified atom stereocenters. The van der Waals surface area contributed by atoms with Crippen molar-refractivity contribution in [1.29, 1.82) is 0 Å². The first kappa shape index (κ1) is 45.1. The number of anilines is 1. The Balaban J connectivity index is 0.785. The van der Waals surface area contributed by atoms with E-state index in [9.17, 15) is 37.1 Å². The van der Waals surface area contributed by atoms with E-state index >= 15 is 0 Å². The first-order valence-electron chi connectivity index (χ1n) is 21.5. The van der Waals surface area contributed by atoms with Gasteiger partial charge in [-0.25, -0.2) is 4.98 Å². The van der Waals surface area contributed by atoms with Crippen LogP contribution in [0.2, 0.25) is 0 Å². The van der Waals surface area contributed by atoms with E-state index < -0.39 is 47.3 Å². The summed E-state index contributed by atoms with van der Waals surface area (Å²) in [6, 6.07) is 21.2. The number of rotatable bonds is 18. The molecule has 5 aromatic rings. The molecule has 1 atom stereocenters. The molecule has 4 aromatic carbocycles. The second kappa shape index (κ2) is 20.1. The predicted octanol–water partition coefficient (Wildman–Crippen LogP) is 6.31. The van der Waals surface area contributed by atoms with Crippen molar-refractivity contribution in [2.75, 3.05) is 58.0 Å². The van der Waals surface area contributed by atoms with Gasteiger partial charge >= 0.3 is 6.18 Å². The van der Waals surface area contributed by atoms with Crippen LogP contribution >= 0.6 is 0 Å². The molecule has 0 aliphatic carbocycles. The number of hydrogen-bond acceptors (Lipinski definition) is 11. The van der Waals surface area contributed by atoms with Crippen LogP contribution in [0, 0.1) is 0 Å². The van der Waals surface area contributed by atoms with Crippen molar-refractivity contribution in [3.8, 4) is 11.4 Å². The van der Waals surface area contributed by atoms with Crippen LogP contribution < -0.4 is 15.4 Å². The van der Waals surface area contributed by atoms with Crippen molar-refractivity contribution in [2.45, 2.75) is 57.5 Å². The molecule has 8 rings (SSSR count). The zero-order valence-electron chi connectivity index (χ0n) is 35.4. The average Bonchev–Trinajstić information content (AvgIpc) is 3.77. The normalized spacial score (nSPS) is 16.8. The molecule has 0 radical (unpaired) electrons. The summed E-state index contributed by atoms with van der Waals surface area (Å²) < 4.78 is 64.9. The maximum absolute atomic E-state index is 13.5. The van der Waals surface area contributed by atoms with E-state index in [1.165, 1.54) is 30.7 Å². The van der Waals surface area contributed by atoms with Gasteiger partial charge in [-0.3, -0.25) is 49.0 Å². The monoisotopic (exact) mass is 896 g/mol. The van der Waals surface area contributed by atoms with Gasteiger partial charge in [-0.1, -0.05) is 30.7 Å². The minimum absolute atomic E-state index is 0.0384. The molecule has 5 amide bonds. The maximum atomic E-state index is 13.5. The van der Waals surface area contributed by atoms with Crippen molar-refractivity contribution in [3.63, 3.8) is 0 Å². The van der Waals surface area contributed by atoms with Crippen molar-refractivity contribution in [2.24, 2.45) is 0 Å². The Morgan fingerprint density at radius 1 is 0.769 bits per heavy atom. The van der Waals surface area contributed by atoms with Crippen LogP contribution in [0.5, 0.6) is 5.75 Å². The molecule has 1 aromatic heterocycles. The molecule has 340 valence electrons. The molecule has 3 aliphatic rings. The van der Waals surface area contributed by atoms with Crippen LogP contribution in [0.1, 0.15) is 79.9 Å². The summed E-state index contributed by atoms with van der Waals surface area (Å²) in [4.78, 5) is 71.2. The second-order valence-electron chi connectivity index (χ2n) is 15.9. The zero-order valence-corrected chi connectivity index (χ0v) is 35.4. The number of piperidine rings is 2. The summed E-state index contributed by atoms with van der Waals surface area (Å²) in [7, 11) is 0. The molecule has 0 spiro atoms.